The molecule has 9 rings (SSSR count). The van der Waals surface area contributed by atoms with E-state index >= 15 is 0 Å². The number of esters is 2. The number of carbonyl (C=O) groups excluding carboxylic acids is 5. The Hall–Kier alpha value is -4.30. The first-order valence-corrected chi connectivity index (χ1v) is 36.2. The summed E-state index contributed by atoms with van der Waals surface area (Å²) >= 11 is 4.05. The van der Waals surface area contributed by atoms with Crippen LogP contribution < -0.4 is 28.4 Å². The van der Waals surface area contributed by atoms with Gasteiger partial charge in [0.2, 0.25) is 0 Å². The molecule has 0 aliphatic carbocycles. The number of ether oxygens (including phenoxy) is 8. The molecule has 0 spiro atoms. The molecule has 19 nitrogen and oxygen atoms in total. The molecule has 6 heterocycles. The monoisotopic (exact) mass is 1340 g/mol. The van der Waals surface area contributed by atoms with Gasteiger partial charge >= 0.3 is 17.9 Å². The molecule has 3 fully saturated rings. The van der Waals surface area contributed by atoms with Crippen LogP contribution in [0.3, 0.4) is 0 Å². The van der Waals surface area contributed by atoms with Crippen LogP contribution in [0.5, 0.6) is 34.5 Å². The summed E-state index contributed by atoms with van der Waals surface area (Å²) in [5.41, 5.74) is 0. The highest BCUT2D eigenvalue weighted by molar-refractivity contribution is 8.77. The Labute approximate surface area is 527 Å². The third-order valence-electron chi connectivity index (χ3n) is 13.1. The summed E-state index contributed by atoms with van der Waals surface area (Å²) in [5, 5.41) is 49.2. The van der Waals surface area contributed by atoms with Gasteiger partial charge in [0.1, 0.15) is 24.4 Å². The fraction of sp³-hybridized carbons (Fsp3) is 0.474. The van der Waals surface area contributed by atoms with Gasteiger partial charge in [0.15, 0.2) is 51.8 Å². The summed E-state index contributed by atoms with van der Waals surface area (Å²) in [4.78, 5) is 74.7. The first-order chi connectivity index (χ1) is 40.6. The maximum absolute atomic E-state index is 12.7. The fourth-order valence-corrected chi connectivity index (χ4v) is 18.2. The molecule has 0 saturated carbocycles. The van der Waals surface area contributed by atoms with E-state index in [0.29, 0.717) is 83.6 Å². The van der Waals surface area contributed by atoms with Crippen molar-refractivity contribution in [2.75, 3.05) is 77.2 Å². The summed E-state index contributed by atoms with van der Waals surface area (Å²) in [7, 11) is 18.9. The molecule has 3 aromatic carbocycles. The normalized spacial score (nSPS) is 20.3. The van der Waals surface area contributed by atoms with Crippen molar-refractivity contribution in [2.45, 2.75) is 76.7 Å². The SMILES string of the molecule is COc1cc2cc(C(=O)C[C@H](C)C(=O)O)sc2cc1OC.COc1cc2cc(C(=O)C[C@H](C)C(=O)O[C@H]3CSSC[C@@H]3O)sc2cc1OC.COc1cc2cc(C(=O)C[C@H](C)C(=O)O[C@H]3CSSC[C@@H]3O)sc2cc1OC.O[C@H]1CSSC[C@@H]1O. The minimum atomic E-state index is -0.965. The van der Waals surface area contributed by atoms with Gasteiger partial charge in [-0.15, -0.1) is 34.0 Å². The Balaban J connectivity index is 0.000000193. The highest BCUT2D eigenvalue weighted by atomic mass is 33.1. The quantitative estimate of drug-likeness (QED) is 0.0270. The van der Waals surface area contributed by atoms with Crippen molar-refractivity contribution in [3.63, 3.8) is 0 Å². The molecule has 0 amide bonds. The molecule has 85 heavy (non-hydrogen) atoms. The largest absolute Gasteiger partial charge is 0.493 e. The number of aliphatic carboxylic acids is 1. The van der Waals surface area contributed by atoms with Gasteiger partial charge in [-0.2, -0.15) is 0 Å². The average molecular weight is 1350 g/mol. The molecule has 0 bridgehead atoms. The number of methoxy groups -OCH3 is 6. The summed E-state index contributed by atoms with van der Waals surface area (Å²) < 4.78 is 45.2. The zero-order valence-electron chi connectivity index (χ0n) is 47.9. The van der Waals surface area contributed by atoms with Crippen molar-refractivity contribution >= 4 is 164 Å². The van der Waals surface area contributed by atoms with Gasteiger partial charge < -0.3 is 63.4 Å². The number of Topliss-reactive ketones (excluding diaryl/α,β-unsaturated/α-hetero) is 3. The van der Waals surface area contributed by atoms with Crippen LogP contribution in [0.2, 0.25) is 0 Å². The number of carbonyl (C=O) groups is 6. The molecular formula is C57H68O19S9. The number of aliphatic hydroxyl groups excluding tert-OH is 4. The summed E-state index contributed by atoms with van der Waals surface area (Å²) in [6.45, 7) is 4.88. The summed E-state index contributed by atoms with van der Waals surface area (Å²) in [6.07, 6.45) is -3.23. The van der Waals surface area contributed by atoms with Crippen molar-refractivity contribution in [2.24, 2.45) is 17.8 Å². The van der Waals surface area contributed by atoms with Gasteiger partial charge in [-0.05, 0) is 52.6 Å². The van der Waals surface area contributed by atoms with E-state index in [-0.39, 0.29) is 36.6 Å². The molecule has 28 heteroatoms. The highest BCUT2D eigenvalue weighted by Crippen LogP contribution is 2.41. The molecule has 3 aliphatic rings. The van der Waals surface area contributed by atoms with E-state index in [1.165, 1.54) is 40.9 Å². The average Bonchev–Trinajstić information content (AvgIpc) is 3.47. The molecule has 3 aromatic heterocycles. The predicted octanol–water partition coefficient (Wildman–Crippen LogP) is 10.9. The first-order valence-electron chi connectivity index (χ1n) is 26.3. The lowest BCUT2D eigenvalue weighted by atomic mass is 10.0. The van der Waals surface area contributed by atoms with E-state index in [2.05, 4.69) is 0 Å². The lowest BCUT2D eigenvalue weighted by Crippen LogP contribution is -2.38. The number of carboxylic acid groups (broad SMARTS) is 1. The second-order valence-electron chi connectivity index (χ2n) is 19.4. The van der Waals surface area contributed by atoms with Crippen molar-refractivity contribution in [1.82, 2.24) is 0 Å². The number of carboxylic acids is 1. The Morgan fingerprint density at radius 1 is 0.400 bits per heavy atom. The Bertz CT molecular complexity index is 2980. The predicted molar refractivity (Wildman–Crippen MR) is 345 cm³/mol. The van der Waals surface area contributed by atoms with Gasteiger partial charge in [-0.3, -0.25) is 28.8 Å². The molecular weight excluding hydrogens is 1280 g/mol. The Kier molecular flexibility index (Phi) is 27.8. The lowest BCUT2D eigenvalue weighted by molar-refractivity contribution is -0.157. The Morgan fingerprint density at radius 2 is 0.659 bits per heavy atom. The second-order valence-corrected chi connectivity index (χ2v) is 30.3. The van der Waals surface area contributed by atoms with Crippen LogP contribution in [0.15, 0.2) is 54.6 Å². The number of rotatable bonds is 20. The highest BCUT2D eigenvalue weighted by Gasteiger charge is 2.32. The topological polar surface area (TPSA) is 277 Å². The van der Waals surface area contributed by atoms with E-state index < -0.39 is 72.3 Å². The van der Waals surface area contributed by atoms with Crippen LogP contribution in [0.25, 0.3) is 30.3 Å². The third kappa shape index (κ3) is 19.6. The zero-order chi connectivity index (χ0) is 62.1. The second kappa shape index (κ2) is 33.9. The number of hydrogen-bond donors (Lipinski definition) is 5. The first kappa shape index (κ1) is 69.8. The van der Waals surface area contributed by atoms with Crippen LogP contribution in [0, 0.1) is 17.8 Å². The minimum Gasteiger partial charge on any atom is -0.493 e. The van der Waals surface area contributed by atoms with E-state index in [4.69, 9.17) is 53.2 Å². The third-order valence-corrected chi connectivity index (χ3v) is 23.8. The number of ketones is 3. The molecule has 0 unspecified atom stereocenters. The number of fused-ring (bicyclic) bond motifs is 3. The fourth-order valence-electron chi connectivity index (χ4n) is 8.02. The maximum atomic E-state index is 12.7. The maximum Gasteiger partial charge on any atom is 0.309 e. The standard InChI is InChI=1S/2C19H22O6S3.C15H16O5S.C4H8O2S2/c2*1-10(19(22)25-16-9-27-26-8-13(16)21)4-12(20)18-6-11-5-14(23-2)15(24-3)7-17(11)28-18;1-8(15(17)18)4-10(16)14-6-9-5-11(19-2)12(20-3)7-13(9)21-14;5-3-1-7-8-2-4(3)6/h2*5-7,10,13,16,21H,4,8-9H2,1-3H3;5-8H,4H2,1-3H3,(H,17,18);3-6H,1-2H2/t2*10-,13-,16-;8-;3-,4-/m0000/s1. The number of thiophene rings is 3. The van der Waals surface area contributed by atoms with Crippen LogP contribution in [-0.4, -0.2) is 175 Å². The summed E-state index contributed by atoms with van der Waals surface area (Å²) in [6, 6.07) is 16.3. The summed E-state index contributed by atoms with van der Waals surface area (Å²) in [5.74, 6) is 3.01. The number of benzene rings is 3. The van der Waals surface area contributed by atoms with Crippen molar-refractivity contribution < 1.29 is 92.2 Å². The number of aliphatic hydroxyl groups is 4. The molecule has 6 aromatic rings. The minimum absolute atomic E-state index is 0.00355. The van der Waals surface area contributed by atoms with Crippen LogP contribution in [0.1, 0.15) is 69.0 Å². The molecule has 3 aliphatic heterocycles. The van der Waals surface area contributed by atoms with Crippen molar-refractivity contribution in [3.05, 3.63) is 69.2 Å². The van der Waals surface area contributed by atoms with E-state index in [0.717, 1.165) is 30.3 Å². The van der Waals surface area contributed by atoms with Gasteiger partial charge in [-0.25, -0.2) is 0 Å². The molecule has 464 valence electrons. The van der Waals surface area contributed by atoms with Gasteiger partial charge in [-0.1, -0.05) is 85.5 Å². The van der Waals surface area contributed by atoms with Gasteiger partial charge in [0.25, 0.3) is 0 Å². The van der Waals surface area contributed by atoms with E-state index in [9.17, 15) is 39.0 Å². The smallest absolute Gasteiger partial charge is 0.309 e. The zero-order valence-corrected chi connectivity index (χ0v) is 55.2. The van der Waals surface area contributed by atoms with Crippen molar-refractivity contribution in [3.8, 4) is 34.5 Å². The van der Waals surface area contributed by atoms with Crippen LogP contribution in [-0.2, 0) is 23.9 Å². The van der Waals surface area contributed by atoms with Crippen LogP contribution in [0.4, 0.5) is 0 Å². The van der Waals surface area contributed by atoms with Crippen molar-refractivity contribution in [1.29, 1.82) is 0 Å². The Morgan fingerprint density at radius 3 is 0.918 bits per heavy atom. The van der Waals surface area contributed by atoms with E-state index in [1.807, 2.05) is 36.4 Å². The molecule has 5 N–H and O–H groups in total. The molecule has 0 radical (unpaired) electrons. The molecule has 9 atom stereocenters. The van der Waals surface area contributed by atoms with Gasteiger partial charge in [0.05, 0.1) is 87.3 Å². The van der Waals surface area contributed by atoms with Crippen LogP contribution >= 0.6 is 98.8 Å². The molecule has 3 saturated heterocycles. The number of hydrogen-bond acceptors (Lipinski definition) is 27. The van der Waals surface area contributed by atoms with Gasteiger partial charge in [0, 0.05) is 86.1 Å². The van der Waals surface area contributed by atoms with E-state index in [1.54, 1.807) is 139 Å². The lowest BCUT2D eigenvalue weighted by Gasteiger charge is -2.27.